The standard InChI is InChI=1S/C17H22ClNO5/c1-4-5-6-12(16(20)19-7-8-24-17(19)21)15-13(18)9-11(22-2)10-14(15)23-3/h9-10,12H,4-8H2,1-3H3. The Morgan fingerprint density at radius 2 is 2.12 bits per heavy atom. The van der Waals surface area contributed by atoms with Gasteiger partial charge in [-0.1, -0.05) is 31.4 Å². The van der Waals surface area contributed by atoms with Crippen LogP contribution in [-0.2, 0) is 9.53 Å². The molecule has 1 aliphatic rings. The number of ether oxygens (including phenoxy) is 3. The van der Waals surface area contributed by atoms with Crippen LogP contribution in [0.25, 0.3) is 0 Å². The molecule has 0 saturated carbocycles. The number of methoxy groups -OCH3 is 2. The Balaban J connectivity index is 2.44. The molecule has 0 bridgehead atoms. The van der Waals surface area contributed by atoms with Crippen molar-refractivity contribution in [2.75, 3.05) is 27.4 Å². The Hall–Kier alpha value is -1.95. The van der Waals surface area contributed by atoms with E-state index < -0.39 is 12.0 Å². The normalized spacial score (nSPS) is 15.2. The predicted molar refractivity (Wildman–Crippen MR) is 89.9 cm³/mol. The lowest BCUT2D eigenvalue weighted by Gasteiger charge is -2.23. The predicted octanol–water partition coefficient (Wildman–Crippen LogP) is 3.61. The Morgan fingerprint density at radius 1 is 1.38 bits per heavy atom. The van der Waals surface area contributed by atoms with Crippen LogP contribution in [0.5, 0.6) is 11.5 Å². The van der Waals surface area contributed by atoms with Crippen molar-refractivity contribution in [1.29, 1.82) is 0 Å². The summed E-state index contributed by atoms with van der Waals surface area (Å²) >= 11 is 6.41. The third-order valence-electron chi connectivity index (χ3n) is 4.04. The highest BCUT2D eigenvalue weighted by atomic mass is 35.5. The van der Waals surface area contributed by atoms with E-state index in [4.69, 9.17) is 25.8 Å². The van der Waals surface area contributed by atoms with Gasteiger partial charge in [0.05, 0.1) is 31.7 Å². The van der Waals surface area contributed by atoms with Crippen LogP contribution < -0.4 is 9.47 Å². The minimum Gasteiger partial charge on any atom is -0.497 e. The van der Waals surface area contributed by atoms with Crippen LogP contribution in [0.15, 0.2) is 12.1 Å². The van der Waals surface area contributed by atoms with Gasteiger partial charge in [-0.2, -0.15) is 0 Å². The molecule has 0 spiro atoms. The monoisotopic (exact) mass is 355 g/mol. The molecule has 7 heteroatoms. The van der Waals surface area contributed by atoms with E-state index in [9.17, 15) is 9.59 Å². The molecule has 1 heterocycles. The Labute approximate surface area is 146 Å². The van der Waals surface area contributed by atoms with Crippen LogP contribution in [0.4, 0.5) is 4.79 Å². The third kappa shape index (κ3) is 3.75. The molecule has 2 rings (SSSR count). The molecule has 0 N–H and O–H groups in total. The Bertz CT molecular complexity index is 619. The molecule has 1 saturated heterocycles. The Morgan fingerprint density at radius 3 is 2.67 bits per heavy atom. The summed E-state index contributed by atoms with van der Waals surface area (Å²) in [6.07, 6.45) is 1.71. The second kappa shape index (κ2) is 8.24. The van der Waals surface area contributed by atoms with Gasteiger partial charge in [0.15, 0.2) is 0 Å². The van der Waals surface area contributed by atoms with Gasteiger partial charge in [0.1, 0.15) is 18.1 Å². The lowest BCUT2D eigenvalue weighted by atomic mass is 9.91. The van der Waals surface area contributed by atoms with Gasteiger partial charge in [0, 0.05) is 11.6 Å². The van der Waals surface area contributed by atoms with E-state index in [2.05, 4.69) is 0 Å². The number of rotatable bonds is 7. The van der Waals surface area contributed by atoms with Gasteiger partial charge in [-0.25, -0.2) is 9.69 Å². The van der Waals surface area contributed by atoms with Crippen molar-refractivity contribution in [3.63, 3.8) is 0 Å². The molecule has 1 unspecified atom stereocenters. The maximum atomic E-state index is 12.9. The molecule has 1 aliphatic heterocycles. The summed E-state index contributed by atoms with van der Waals surface area (Å²) in [6, 6.07) is 3.34. The number of unbranched alkanes of at least 4 members (excludes halogenated alkanes) is 1. The molecular formula is C17H22ClNO5. The minimum atomic E-state index is -0.606. The number of carbonyl (C=O) groups excluding carboxylic acids is 2. The maximum Gasteiger partial charge on any atom is 0.416 e. The quantitative estimate of drug-likeness (QED) is 0.747. The van der Waals surface area contributed by atoms with Crippen LogP contribution in [0.2, 0.25) is 5.02 Å². The van der Waals surface area contributed by atoms with Gasteiger partial charge < -0.3 is 14.2 Å². The molecule has 132 valence electrons. The second-order valence-electron chi connectivity index (χ2n) is 5.52. The topological polar surface area (TPSA) is 65.1 Å². The maximum absolute atomic E-state index is 12.9. The van der Waals surface area contributed by atoms with Crippen molar-refractivity contribution in [2.45, 2.75) is 32.1 Å². The smallest absolute Gasteiger partial charge is 0.416 e. The van der Waals surface area contributed by atoms with Gasteiger partial charge >= 0.3 is 6.09 Å². The van der Waals surface area contributed by atoms with Crippen LogP contribution >= 0.6 is 11.6 Å². The number of nitrogens with zero attached hydrogens (tertiary/aromatic N) is 1. The first-order chi connectivity index (χ1) is 11.5. The molecule has 24 heavy (non-hydrogen) atoms. The highest BCUT2D eigenvalue weighted by molar-refractivity contribution is 6.32. The number of imide groups is 1. The van der Waals surface area contributed by atoms with Gasteiger partial charge in [0.2, 0.25) is 5.91 Å². The zero-order chi connectivity index (χ0) is 17.7. The van der Waals surface area contributed by atoms with E-state index in [1.165, 1.54) is 14.2 Å². The average molecular weight is 356 g/mol. The summed E-state index contributed by atoms with van der Waals surface area (Å²) in [6.45, 7) is 2.52. The van der Waals surface area contributed by atoms with Gasteiger partial charge in [-0.15, -0.1) is 0 Å². The van der Waals surface area contributed by atoms with Crippen LogP contribution in [-0.4, -0.2) is 44.3 Å². The number of carbonyl (C=O) groups is 2. The van der Waals surface area contributed by atoms with Crippen molar-refractivity contribution in [3.05, 3.63) is 22.7 Å². The summed E-state index contributed by atoms with van der Waals surface area (Å²) < 4.78 is 15.5. The summed E-state index contributed by atoms with van der Waals surface area (Å²) in [4.78, 5) is 25.8. The summed E-state index contributed by atoms with van der Waals surface area (Å²) in [5.74, 6) is 0.143. The number of cyclic esters (lactones) is 1. The fourth-order valence-corrected chi connectivity index (χ4v) is 3.11. The van der Waals surface area contributed by atoms with E-state index in [0.29, 0.717) is 28.5 Å². The zero-order valence-corrected chi connectivity index (χ0v) is 14.9. The first-order valence-electron chi connectivity index (χ1n) is 7.93. The summed E-state index contributed by atoms with van der Waals surface area (Å²) in [5.41, 5.74) is 0.582. The second-order valence-corrected chi connectivity index (χ2v) is 5.93. The minimum absolute atomic E-state index is 0.221. The SMILES string of the molecule is CCCCC(C(=O)N1CCOC1=O)c1c(Cl)cc(OC)cc1OC. The number of hydrogen-bond donors (Lipinski definition) is 0. The van der Waals surface area contributed by atoms with E-state index in [1.807, 2.05) is 6.92 Å². The molecule has 0 aromatic heterocycles. The summed E-state index contributed by atoms with van der Waals surface area (Å²) in [5, 5.41) is 0.383. The first-order valence-corrected chi connectivity index (χ1v) is 8.30. The van der Waals surface area contributed by atoms with Gasteiger partial charge in [-0.3, -0.25) is 4.79 Å². The number of hydrogen-bond acceptors (Lipinski definition) is 5. The van der Waals surface area contributed by atoms with Crippen molar-refractivity contribution < 1.29 is 23.8 Å². The lowest BCUT2D eigenvalue weighted by molar-refractivity contribution is -0.129. The largest absolute Gasteiger partial charge is 0.497 e. The molecule has 1 atom stereocenters. The molecule has 0 aliphatic carbocycles. The fraction of sp³-hybridized carbons (Fsp3) is 0.529. The van der Waals surface area contributed by atoms with E-state index in [-0.39, 0.29) is 19.1 Å². The fourth-order valence-electron chi connectivity index (χ4n) is 2.78. The molecule has 6 nitrogen and oxygen atoms in total. The van der Waals surface area contributed by atoms with Crippen molar-refractivity contribution in [2.24, 2.45) is 0 Å². The first kappa shape index (κ1) is 18.4. The molecular weight excluding hydrogens is 334 g/mol. The Kier molecular flexibility index (Phi) is 6.31. The van der Waals surface area contributed by atoms with E-state index in [1.54, 1.807) is 12.1 Å². The highest BCUT2D eigenvalue weighted by Crippen LogP contribution is 2.40. The molecule has 1 fully saturated rings. The van der Waals surface area contributed by atoms with E-state index in [0.717, 1.165) is 17.7 Å². The molecule has 1 aromatic carbocycles. The van der Waals surface area contributed by atoms with E-state index >= 15 is 0 Å². The average Bonchev–Trinajstić information content (AvgIpc) is 3.01. The van der Waals surface area contributed by atoms with Crippen LogP contribution in [0, 0.1) is 0 Å². The highest BCUT2D eigenvalue weighted by Gasteiger charge is 2.36. The van der Waals surface area contributed by atoms with Crippen LogP contribution in [0.1, 0.15) is 37.7 Å². The van der Waals surface area contributed by atoms with Crippen molar-refractivity contribution >= 4 is 23.6 Å². The van der Waals surface area contributed by atoms with Crippen molar-refractivity contribution in [3.8, 4) is 11.5 Å². The summed E-state index contributed by atoms with van der Waals surface area (Å²) in [7, 11) is 3.05. The molecule has 0 radical (unpaired) electrons. The van der Waals surface area contributed by atoms with Crippen LogP contribution in [0.3, 0.4) is 0 Å². The molecule has 1 aromatic rings. The number of amides is 2. The lowest BCUT2D eigenvalue weighted by Crippen LogP contribution is -2.36. The number of halogens is 1. The zero-order valence-electron chi connectivity index (χ0n) is 14.1. The number of benzene rings is 1. The van der Waals surface area contributed by atoms with Gasteiger partial charge in [0.25, 0.3) is 0 Å². The molecule has 2 amide bonds. The van der Waals surface area contributed by atoms with Gasteiger partial charge in [-0.05, 0) is 12.5 Å². The third-order valence-corrected chi connectivity index (χ3v) is 4.35. The van der Waals surface area contributed by atoms with Crippen molar-refractivity contribution in [1.82, 2.24) is 4.90 Å².